The summed E-state index contributed by atoms with van der Waals surface area (Å²) in [4.78, 5) is 5.22. The number of rotatable bonds is 0. The van der Waals surface area contributed by atoms with Crippen LogP contribution in [0.1, 0.15) is 11.1 Å². The fourth-order valence-corrected chi connectivity index (χ4v) is 1.63. The van der Waals surface area contributed by atoms with Crippen LogP contribution in [-0.4, -0.2) is 9.97 Å². The molecular weight excluding hydrogens is 239 g/mol. The fraction of sp³-hybridized carbons (Fsp3) is 0.111. The summed E-state index contributed by atoms with van der Waals surface area (Å²) < 4.78 is 37.9. The number of hydrogen-bond donors (Lipinski definition) is 2. The third kappa shape index (κ3) is 1.67. The van der Waals surface area contributed by atoms with Crippen LogP contribution in [0.3, 0.4) is 0 Å². The van der Waals surface area contributed by atoms with Crippen LogP contribution in [0, 0.1) is 16.1 Å². The van der Waals surface area contributed by atoms with Crippen molar-refractivity contribution in [3.05, 3.63) is 28.0 Å². The summed E-state index contributed by atoms with van der Waals surface area (Å²) in [6.45, 7) is 0. The largest absolute Gasteiger partial charge is 0.417 e. The smallest absolute Gasteiger partial charge is 0.331 e. The lowest BCUT2D eigenvalue weighted by atomic mass is 10.1. The van der Waals surface area contributed by atoms with Crippen LogP contribution in [0.15, 0.2) is 12.1 Å². The molecule has 3 nitrogen and oxygen atoms in total. The number of H-pyrrole nitrogens is 2. The first kappa shape index (κ1) is 10.7. The van der Waals surface area contributed by atoms with Crippen LogP contribution in [-0.2, 0) is 6.18 Å². The van der Waals surface area contributed by atoms with E-state index in [1.807, 2.05) is 0 Å². The number of alkyl halides is 3. The summed E-state index contributed by atoms with van der Waals surface area (Å²) in [5.41, 5.74) is -0.774. The van der Waals surface area contributed by atoms with Crippen molar-refractivity contribution >= 4 is 23.3 Å². The molecule has 0 saturated carbocycles. The van der Waals surface area contributed by atoms with Gasteiger partial charge in [0.1, 0.15) is 0 Å². The maximum Gasteiger partial charge on any atom is 0.417 e. The topological polar surface area (TPSA) is 55.4 Å². The summed E-state index contributed by atoms with van der Waals surface area (Å²) >= 11 is 4.75. The zero-order valence-corrected chi connectivity index (χ0v) is 8.46. The number of nitriles is 1. The van der Waals surface area contributed by atoms with E-state index in [0.29, 0.717) is 5.52 Å². The van der Waals surface area contributed by atoms with Crippen molar-refractivity contribution in [1.29, 1.82) is 5.26 Å². The quantitative estimate of drug-likeness (QED) is 0.698. The number of hydrogen-bond acceptors (Lipinski definition) is 2. The lowest BCUT2D eigenvalue weighted by Crippen LogP contribution is -2.07. The van der Waals surface area contributed by atoms with E-state index in [1.165, 1.54) is 6.07 Å². The molecule has 82 valence electrons. The Hall–Kier alpha value is -1.81. The second-order valence-electron chi connectivity index (χ2n) is 3.13. The Morgan fingerprint density at radius 3 is 2.25 bits per heavy atom. The van der Waals surface area contributed by atoms with E-state index in [4.69, 9.17) is 17.5 Å². The van der Waals surface area contributed by atoms with Gasteiger partial charge in [0.15, 0.2) is 4.77 Å². The Kier molecular flexibility index (Phi) is 2.24. The number of halogens is 3. The summed E-state index contributed by atoms with van der Waals surface area (Å²) in [6, 6.07) is 3.52. The molecule has 16 heavy (non-hydrogen) atoms. The van der Waals surface area contributed by atoms with Crippen molar-refractivity contribution in [2.45, 2.75) is 6.18 Å². The maximum atomic E-state index is 12.6. The first-order chi connectivity index (χ1) is 7.41. The molecule has 0 fully saturated rings. The minimum atomic E-state index is -4.55. The molecule has 0 bridgehead atoms. The molecule has 0 aliphatic rings. The number of aromatic amines is 2. The Morgan fingerprint density at radius 1 is 1.19 bits per heavy atom. The highest BCUT2D eigenvalue weighted by Crippen LogP contribution is 2.33. The molecule has 1 aromatic carbocycles. The van der Waals surface area contributed by atoms with E-state index in [2.05, 4.69) is 9.97 Å². The molecule has 0 amide bonds. The molecular formula is C9H4F3N3S. The van der Waals surface area contributed by atoms with E-state index in [9.17, 15) is 13.2 Å². The minimum Gasteiger partial charge on any atom is -0.331 e. The van der Waals surface area contributed by atoms with Gasteiger partial charge in [0, 0.05) is 0 Å². The Morgan fingerprint density at radius 2 is 1.75 bits per heavy atom. The van der Waals surface area contributed by atoms with Gasteiger partial charge in [-0.15, -0.1) is 0 Å². The second-order valence-corrected chi connectivity index (χ2v) is 3.54. The van der Waals surface area contributed by atoms with Gasteiger partial charge >= 0.3 is 6.18 Å². The first-order valence-corrected chi connectivity index (χ1v) is 4.56. The zero-order valence-electron chi connectivity index (χ0n) is 7.64. The molecule has 1 aromatic heterocycles. The fourth-order valence-electron chi connectivity index (χ4n) is 1.41. The van der Waals surface area contributed by atoms with E-state index >= 15 is 0 Å². The van der Waals surface area contributed by atoms with Crippen molar-refractivity contribution in [2.75, 3.05) is 0 Å². The summed E-state index contributed by atoms with van der Waals surface area (Å²) in [5.74, 6) is 0. The van der Waals surface area contributed by atoms with Crippen LogP contribution >= 0.6 is 12.2 Å². The third-order valence-electron chi connectivity index (χ3n) is 2.08. The number of aromatic nitrogens is 2. The predicted molar refractivity (Wildman–Crippen MR) is 53.2 cm³/mol. The van der Waals surface area contributed by atoms with Crippen molar-refractivity contribution in [3.63, 3.8) is 0 Å². The van der Waals surface area contributed by atoms with Crippen molar-refractivity contribution in [3.8, 4) is 6.07 Å². The van der Waals surface area contributed by atoms with E-state index in [0.717, 1.165) is 12.1 Å². The molecule has 0 radical (unpaired) electrons. The maximum absolute atomic E-state index is 12.6. The van der Waals surface area contributed by atoms with Gasteiger partial charge in [-0.3, -0.25) is 0 Å². The van der Waals surface area contributed by atoms with Gasteiger partial charge < -0.3 is 9.97 Å². The minimum absolute atomic E-state index is 0.221. The van der Waals surface area contributed by atoms with Crippen molar-refractivity contribution in [1.82, 2.24) is 9.97 Å². The van der Waals surface area contributed by atoms with Crippen LogP contribution < -0.4 is 0 Å². The van der Waals surface area contributed by atoms with Crippen molar-refractivity contribution < 1.29 is 13.2 Å². The predicted octanol–water partition coefficient (Wildman–Crippen LogP) is 3.12. The van der Waals surface area contributed by atoms with Gasteiger partial charge in [-0.1, -0.05) is 0 Å². The number of fused-ring (bicyclic) bond motifs is 1. The first-order valence-electron chi connectivity index (χ1n) is 4.15. The Bertz CT molecular complexity index is 645. The third-order valence-corrected chi connectivity index (χ3v) is 2.28. The van der Waals surface area contributed by atoms with Gasteiger partial charge in [0.05, 0.1) is 28.2 Å². The van der Waals surface area contributed by atoms with Gasteiger partial charge in [0.25, 0.3) is 0 Å². The van der Waals surface area contributed by atoms with Gasteiger partial charge in [-0.05, 0) is 24.4 Å². The van der Waals surface area contributed by atoms with E-state index in [1.54, 1.807) is 0 Å². The van der Waals surface area contributed by atoms with Gasteiger partial charge in [-0.25, -0.2) is 0 Å². The van der Waals surface area contributed by atoms with Crippen LogP contribution in [0.4, 0.5) is 13.2 Å². The number of nitrogens with one attached hydrogen (secondary N) is 2. The molecule has 0 atom stereocenters. The number of nitrogens with zero attached hydrogens (tertiary/aromatic N) is 1. The molecule has 0 aliphatic carbocycles. The molecule has 0 saturated heterocycles. The lowest BCUT2D eigenvalue weighted by molar-refractivity contribution is -0.137. The molecule has 0 aliphatic heterocycles. The SMILES string of the molecule is N#Cc1cc2[nH]c(=S)[nH]c2cc1C(F)(F)F. The van der Waals surface area contributed by atoms with E-state index in [-0.39, 0.29) is 10.3 Å². The van der Waals surface area contributed by atoms with E-state index < -0.39 is 17.3 Å². The van der Waals surface area contributed by atoms with Gasteiger partial charge in [0.2, 0.25) is 0 Å². The highest BCUT2D eigenvalue weighted by Gasteiger charge is 2.34. The molecule has 0 unspecified atom stereocenters. The molecule has 7 heteroatoms. The molecule has 0 spiro atoms. The molecule has 2 rings (SSSR count). The highest BCUT2D eigenvalue weighted by molar-refractivity contribution is 7.71. The lowest BCUT2D eigenvalue weighted by Gasteiger charge is -2.08. The molecule has 2 N–H and O–H groups in total. The van der Waals surface area contributed by atoms with Crippen LogP contribution in [0.5, 0.6) is 0 Å². The summed E-state index contributed by atoms with van der Waals surface area (Å²) in [7, 11) is 0. The van der Waals surface area contributed by atoms with Crippen molar-refractivity contribution in [2.24, 2.45) is 0 Å². The Labute approximate surface area is 92.5 Å². The monoisotopic (exact) mass is 243 g/mol. The highest BCUT2D eigenvalue weighted by atomic mass is 32.1. The second kappa shape index (κ2) is 3.35. The normalized spacial score (nSPS) is 11.6. The standard InChI is InChI=1S/C9H4F3N3S/c10-9(11,12)5-2-7-6(1-4(5)3-13)14-8(16)15-7/h1-2H,(H2,14,15,16). The van der Waals surface area contributed by atoms with Crippen LogP contribution in [0.25, 0.3) is 11.0 Å². The number of imidazole rings is 1. The zero-order chi connectivity index (χ0) is 11.9. The summed E-state index contributed by atoms with van der Waals surface area (Å²) in [6.07, 6.45) is -4.55. The molecule has 1 heterocycles. The van der Waals surface area contributed by atoms with Gasteiger partial charge in [-0.2, -0.15) is 18.4 Å². The average molecular weight is 243 g/mol. The number of benzene rings is 1. The Balaban J connectivity index is 2.83. The van der Waals surface area contributed by atoms with Crippen LogP contribution in [0.2, 0.25) is 0 Å². The average Bonchev–Trinajstić information content (AvgIpc) is 2.53. The molecule has 2 aromatic rings. The summed E-state index contributed by atoms with van der Waals surface area (Å²) in [5, 5.41) is 8.65.